The minimum absolute atomic E-state index is 0.0236. The van der Waals surface area contributed by atoms with Crippen LogP contribution in [0.1, 0.15) is 50.8 Å². The number of H-pyrrole nitrogens is 2. The number of ketones is 1. The molecule has 0 saturated carbocycles. The van der Waals surface area contributed by atoms with E-state index in [1.165, 1.54) is 6.33 Å². The van der Waals surface area contributed by atoms with Crippen LogP contribution in [-0.4, -0.2) is 67.8 Å². The first-order valence-corrected chi connectivity index (χ1v) is 8.74. The van der Waals surface area contributed by atoms with Crippen molar-refractivity contribution in [1.82, 2.24) is 30.0 Å². The lowest BCUT2D eigenvalue weighted by Gasteiger charge is -2.34. The molecule has 1 fully saturated rings. The summed E-state index contributed by atoms with van der Waals surface area (Å²) in [6.07, 6.45) is 3.75. The zero-order valence-electron chi connectivity index (χ0n) is 14.3. The molecule has 1 aliphatic heterocycles. The molecule has 0 aromatic carbocycles. The van der Waals surface area contributed by atoms with E-state index in [1.807, 2.05) is 11.8 Å². The van der Waals surface area contributed by atoms with Gasteiger partial charge in [-0.1, -0.05) is 0 Å². The highest BCUT2D eigenvalue weighted by molar-refractivity contribution is 6.10. The van der Waals surface area contributed by atoms with Crippen molar-refractivity contribution in [3.05, 3.63) is 34.7 Å². The Morgan fingerprint density at radius 2 is 2.04 bits per heavy atom. The third kappa shape index (κ3) is 2.97. The van der Waals surface area contributed by atoms with Gasteiger partial charge in [-0.05, 0) is 19.8 Å². The SMILES string of the molecule is Cc1[nH]c2c(c1C(=O)N1CCN(Cc3ncn[nH]3)CC1)C(=O)CCC2. The van der Waals surface area contributed by atoms with Crippen molar-refractivity contribution >= 4 is 11.7 Å². The summed E-state index contributed by atoms with van der Waals surface area (Å²) in [7, 11) is 0. The highest BCUT2D eigenvalue weighted by atomic mass is 16.2. The first kappa shape index (κ1) is 16.0. The molecule has 3 heterocycles. The summed E-state index contributed by atoms with van der Waals surface area (Å²) < 4.78 is 0. The van der Waals surface area contributed by atoms with Gasteiger partial charge >= 0.3 is 0 Å². The standard InChI is InChI=1S/C17H22N6O2/c1-11-15(16-12(20-11)3-2-4-13(16)24)17(25)23-7-5-22(6-8-23)9-14-18-10-19-21-14/h10,20H,2-9H2,1H3,(H,18,19,21). The van der Waals surface area contributed by atoms with Gasteiger partial charge in [0.25, 0.3) is 5.91 Å². The average Bonchev–Trinajstić information content (AvgIpc) is 3.22. The van der Waals surface area contributed by atoms with Crippen molar-refractivity contribution in [3.8, 4) is 0 Å². The Labute approximate surface area is 145 Å². The molecular weight excluding hydrogens is 320 g/mol. The maximum absolute atomic E-state index is 13.0. The molecule has 8 heteroatoms. The topological polar surface area (TPSA) is 98.0 Å². The van der Waals surface area contributed by atoms with Crippen LogP contribution in [0.15, 0.2) is 6.33 Å². The molecule has 0 spiro atoms. The van der Waals surface area contributed by atoms with Crippen LogP contribution in [-0.2, 0) is 13.0 Å². The first-order valence-electron chi connectivity index (χ1n) is 8.74. The van der Waals surface area contributed by atoms with E-state index >= 15 is 0 Å². The number of carbonyl (C=O) groups excluding carboxylic acids is 2. The first-order chi connectivity index (χ1) is 12.1. The van der Waals surface area contributed by atoms with Gasteiger partial charge in [0.05, 0.1) is 17.7 Å². The van der Waals surface area contributed by atoms with E-state index in [9.17, 15) is 9.59 Å². The van der Waals surface area contributed by atoms with E-state index in [4.69, 9.17) is 0 Å². The normalized spacial score (nSPS) is 18.4. The smallest absolute Gasteiger partial charge is 0.256 e. The zero-order chi connectivity index (χ0) is 17.4. The molecule has 0 bridgehead atoms. The highest BCUT2D eigenvalue weighted by Crippen LogP contribution is 2.28. The predicted molar refractivity (Wildman–Crippen MR) is 90.4 cm³/mol. The number of aryl methyl sites for hydroxylation is 2. The molecule has 2 N–H and O–H groups in total. The van der Waals surface area contributed by atoms with Gasteiger partial charge in [-0.15, -0.1) is 0 Å². The molecule has 0 atom stereocenters. The Morgan fingerprint density at radius 3 is 2.76 bits per heavy atom. The highest BCUT2D eigenvalue weighted by Gasteiger charge is 2.31. The largest absolute Gasteiger partial charge is 0.361 e. The van der Waals surface area contributed by atoms with E-state index in [1.54, 1.807) is 0 Å². The predicted octanol–water partition coefficient (Wildman–Crippen LogP) is 0.918. The number of nitrogens with one attached hydrogen (secondary N) is 2. The van der Waals surface area contributed by atoms with Gasteiger partial charge in [0.15, 0.2) is 5.78 Å². The zero-order valence-corrected chi connectivity index (χ0v) is 14.3. The summed E-state index contributed by atoms with van der Waals surface area (Å²) in [4.78, 5) is 36.9. The number of rotatable bonds is 3. The number of piperazine rings is 1. The summed E-state index contributed by atoms with van der Waals surface area (Å²) in [5.74, 6) is 0.906. The number of Topliss-reactive ketones (excluding diaryl/α,β-unsaturated/α-hetero) is 1. The molecule has 25 heavy (non-hydrogen) atoms. The van der Waals surface area contributed by atoms with Crippen molar-refractivity contribution in [2.24, 2.45) is 0 Å². The van der Waals surface area contributed by atoms with E-state index < -0.39 is 0 Å². The quantitative estimate of drug-likeness (QED) is 0.864. The number of hydrogen-bond donors (Lipinski definition) is 2. The Hall–Kier alpha value is -2.48. The fourth-order valence-electron chi connectivity index (χ4n) is 3.79. The van der Waals surface area contributed by atoms with Crippen LogP contribution in [0.5, 0.6) is 0 Å². The van der Waals surface area contributed by atoms with Gasteiger partial charge < -0.3 is 9.88 Å². The maximum Gasteiger partial charge on any atom is 0.256 e. The second-order valence-electron chi connectivity index (χ2n) is 6.76. The summed E-state index contributed by atoms with van der Waals surface area (Å²) in [5.41, 5.74) is 2.97. The van der Waals surface area contributed by atoms with Crippen LogP contribution >= 0.6 is 0 Å². The number of amides is 1. The molecule has 2 aliphatic rings. The number of hydrogen-bond acceptors (Lipinski definition) is 5. The minimum Gasteiger partial charge on any atom is -0.361 e. The monoisotopic (exact) mass is 342 g/mol. The Morgan fingerprint density at radius 1 is 1.24 bits per heavy atom. The van der Waals surface area contributed by atoms with Crippen LogP contribution < -0.4 is 0 Å². The lowest BCUT2D eigenvalue weighted by molar-refractivity contribution is 0.0621. The fourth-order valence-corrected chi connectivity index (χ4v) is 3.79. The molecule has 1 saturated heterocycles. The maximum atomic E-state index is 13.0. The van der Waals surface area contributed by atoms with Crippen LogP contribution in [0.2, 0.25) is 0 Å². The minimum atomic E-state index is -0.0236. The van der Waals surface area contributed by atoms with Gasteiger partial charge in [-0.2, -0.15) is 5.10 Å². The lowest BCUT2D eigenvalue weighted by Crippen LogP contribution is -2.48. The van der Waals surface area contributed by atoms with Crippen LogP contribution in [0.25, 0.3) is 0 Å². The Kier molecular flexibility index (Phi) is 4.12. The molecule has 4 rings (SSSR count). The summed E-state index contributed by atoms with van der Waals surface area (Å²) in [6, 6.07) is 0. The van der Waals surface area contributed by atoms with Crippen molar-refractivity contribution in [1.29, 1.82) is 0 Å². The van der Waals surface area contributed by atoms with Crippen molar-refractivity contribution in [2.75, 3.05) is 26.2 Å². The summed E-state index contributed by atoms with van der Waals surface area (Å²) >= 11 is 0. The van der Waals surface area contributed by atoms with Crippen molar-refractivity contribution in [3.63, 3.8) is 0 Å². The Bertz CT molecular complexity index is 786. The van der Waals surface area contributed by atoms with E-state index in [0.29, 0.717) is 37.2 Å². The second-order valence-corrected chi connectivity index (χ2v) is 6.76. The average molecular weight is 342 g/mol. The van der Waals surface area contributed by atoms with Crippen LogP contribution in [0, 0.1) is 6.92 Å². The molecule has 8 nitrogen and oxygen atoms in total. The van der Waals surface area contributed by atoms with E-state index in [0.717, 1.165) is 43.1 Å². The molecule has 132 valence electrons. The second kappa shape index (κ2) is 6.44. The number of fused-ring (bicyclic) bond motifs is 1. The van der Waals surface area contributed by atoms with E-state index in [-0.39, 0.29) is 11.7 Å². The molecule has 1 amide bonds. The van der Waals surface area contributed by atoms with Crippen LogP contribution in [0.4, 0.5) is 0 Å². The molecule has 0 radical (unpaired) electrons. The third-order valence-electron chi connectivity index (χ3n) is 5.09. The van der Waals surface area contributed by atoms with Gasteiger partial charge in [0.2, 0.25) is 0 Å². The lowest BCUT2D eigenvalue weighted by atomic mass is 9.92. The van der Waals surface area contributed by atoms with E-state index in [2.05, 4.69) is 25.1 Å². The number of aromatic amines is 2. The molecule has 0 unspecified atom stereocenters. The molecule has 2 aromatic rings. The number of nitrogens with zero attached hydrogens (tertiary/aromatic N) is 4. The van der Waals surface area contributed by atoms with Gasteiger partial charge in [-0.25, -0.2) is 4.98 Å². The Balaban J connectivity index is 1.46. The van der Waals surface area contributed by atoms with Crippen molar-refractivity contribution in [2.45, 2.75) is 32.7 Å². The van der Waals surface area contributed by atoms with Gasteiger partial charge in [-0.3, -0.25) is 19.6 Å². The number of carbonyl (C=O) groups is 2. The fraction of sp³-hybridized carbons (Fsp3) is 0.529. The summed E-state index contributed by atoms with van der Waals surface area (Å²) in [6.45, 7) is 5.47. The van der Waals surface area contributed by atoms with Crippen LogP contribution in [0.3, 0.4) is 0 Å². The number of aromatic nitrogens is 4. The molecule has 2 aromatic heterocycles. The molecular formula is C17H22N6O2. The molecule has 1 aliphatic carbocycles. The summed E-state index contributed by atoms with van der Waals surface area (Å²) in [5, 5.41) is 6.72. The van der Waals surface area contributed by atoms with Crippen molar-refractivity contribution < 1.29 is 9.59 Å². The van der Waals surface area contributed by atoms with Gasteiger partial charge in [0.1, 0.15) is 12.2 Å². The third-order valence-corrected chi connectivity index (χ3v) is 5.09. The van der Waals surface area contributed by atoms with Gasteiger partial charge in [0, 0.05) is 44.0 Å².